The highest BCUT2D eigenvalue weighted by Crippen LogP contribution is 2.57. The Morgan fingerprint density at radius 1 is 0.353 bits per heavy atom. The summed E-state index contributed by atoms with van der Waals surface area (Å²) >= 11 is 0. The highest BCUT2D eigenvalue weighted by atomic mass is 15.1. The van der Waals surface area contributed by atoms with Crippen molar-refractivity contribution in [3.63, 3.8) is 0 Å². The maximum Gasteiger partial charge on any atom is 0.0714 e. The van der Waals surface area contributed by atoms with E-state index < -0.39 is 5.41 Å². The molecule has 0 amide bonds. The highest BCUT2D eigenvalue weighted by molar-refractivity contribution is 6.12. The molecule has 1 saturated carbocycles. The number of rotatable bonds is 8. The Bertz CT molecular complexity index is 3640. The van der Waals surface area contributed by atoms with Crippen LogP contribution in [0.2, 0.25) is 0 Å². The van der Waals surface area contributed by atoms with Gasteiger partial charge in [-0.2, -0.15) is 0 Å². The van der Waals surface area contributed by atoms with Crippen LogP contribution in [0.15, 0.2) is 243 Å². The lowest BCUT2D eigenvalue weighted by atomic mass is 9.67. The average molecular weight is 870 g/mol. The van der Waals surface area contributed by atoms with Crippen molar-refractivity contribution in [3.05, 3.63) is 270 Å². The fraction of sp³-hybridized carbons (Fsp3) is 0.104. The van der Waals surface area contributed by atoms with Gasteiger partial charge in [0, 0.05) is 16.9 Å². The summed E-state index contributed by atoms with van der Waals surface area (Å²) in [7, 11) is 0. The Labute approximate surface area is 399 Å². The molecule has 2 aliphatic rings. The van der Waals surface area contributed by atoms with Crippen molar-refractivity contribution in [2.75, 3.05) is 4.90 Å². The number of nitrogens with zero attached hydrogens (tertiary/aromatic N) is 1. The lowest BCUT2D eigenvalue weighted by Gasteiger charge is -2.35. The third kappa shape index (κ3) is 6.44. The Balaban J connectivity index is 1.07. The second-order valence-electron chi connectivity index (χ2n) is 18.9. The zero-order chi connectivity index (χ0) is 45.0. The van der Waals surface area contributed by atoms with Crippen molar-refractivity contribution in [2.45, 2.75) is 43.4 Å². The van der Waals surface area contributed by atoms with Gasteiger partial charge in [-0.25, -0.2) is 0 Å². The van der Waals surface area contributed by atoms with Gasteiger partial charge in [0.25, 0.3) is 0 Å². The first kappa shape index (κ1) is 40.3. The van der Waals surface area contributed by atoms with Gasteiger partial charge in [0.05, 0.1) is 11.1 Å². The number of fused-ring (bicyclic) bond motifs is 7. The summed E-state index contributed by atoms with van der Waals surface area (Å²) in [5.74, 6) is 0.564. The van der Waals surface area contributed by atoms with Crippen LogP contribution < -0.4 is 4.90 Å². The summed E-state index contributed by atoms with van der Waals surface area (Å²) in [6.07, 6.45) is 6.43. The molecule has 0 aliphatic heterocycles. The van der Waals surface area contributed by atoms with E-state index >= 15 is 0 Å². The van der Waals surface area contributed by atoms with Gasteiger partial charge in [0.1, 0.15) is 0 Å². The topological polar surface area (TPSA) is 3.24 Å². The van der Waals surface area contributed by atoms with Crippen LogP contribution in [-0.2, 0) is 5.41 Å². The molecular weight excluding hydrogens is 819 g/mol. The van der Waals surface area contributed by atoms with E-state index in [1.165, 1.54) is 126 Å². The smallest absolute Gasteiger partial charge is 0.0714 e. The Morgan fingerprint density at radius 3 is 1.74 bits per heavy atom. The second kappa shape index (κ2) is 16.7. The summed E-state index contributed by atoms with van der Waals surface area (Å²) in [6, 6.07) is 91.1. The minimum absolute atomic E-state index is 0.534. The third-order valence-corrected chi connectivity index (χ3v) is 15.3. The van der Waals surface area contributed by atoms with E-state index in [1.807, 2.05) is 0 Å². The maximum atomic E-state index is 2.54. The minimum Gasteiger partial charge on any atom is -0.310 e. The number of benzene rings is 11. The molecule has 0 atom stereocenters. The number of hydrogen-bond donors (Lipinski definition) is 0. The Hall–Kier alpha value is -8.00. The van der Waals surface area contributed by atoms with Crippen molar-refractivity contribution in [2.24, 2.45) is 0 Å². The fourth-order valence-electron chi connectivity index (χ4n) is 12.4. The first-order valence-corrected chi connectivity index (χ1v) is 24.5. The van der Waals surface area contributed by atoms with Gasteiger partial charge in [-0.1, -0.05) is 232 Å². The fourth-order valence-corrected chi connectivity index (χ4v) is 12.4. The lowest BCUT2D eigenvalue weighted by molar-refractivity contribution is 0.445. The predicted molar refractivity (Wildman–Crippen MR) is 288 cm³/mol. The molecule has 0 spiro atoms. The summed E-state index contributed by atoms with van der Waals surface area (Å²) in [5.41, 5.74) is 17.0. The van der Waals surface area contributed by atoms with Crippen molar-refractivity contribution in [1.82, 2.24) is 0 Å². The number of anilines is 3. The molecule has 2 aliphatic carbocycles. The molecule has 0 aromatic heterocycles. The maximum absolute atomic E-state index is 2.54. The van der Waals surface area contributed by atoms with E-state index in [4.69, 9.17) is 0 Å². The largest absolute Gasteiger partial charge is 0.310 e. The molecule has 1 heteroatoms. The van der Waals surface area contributed by atoms with Gasteiger partial charge in [-0.05, 0) is 137 Å². The minimum atomic E-state index is -0.534. The molecule has 0 radical (unpaired) electrons. The van der Waals surface area contributed by atoms with Crippen LogP contribution in [-0.4, -0.2) is 0 Å². The predicted octanol–water partition coefficient (Wildman–Crippen LogP) is 18.4. The molecule has 0 heterocycles. The van der Waals surface area contributed by atoms with E-state index in [0.29, 0.717) is 5.92 Å². The van der Waals surface area contributed by atoms with Crippen LogP contribution in [0.4, 0.5) is 17.1 Å². The molecule has 0 bridgehead atoms. The zero-order valence-corrected chi connectivity index (χ0v) is 38.2. The first-order chi connectivity index (χ1) is 33.8. The van der Waals surface area contributed by atoms with Gasteiger partial charge >= 0.3 is 0 Å². The van der Waals surface area contributed by atoms with Crippen LogP contribution in [0.3, 0.4) is 0 Å². The molecular formula is C67H51N. The molecule has 68 heavy (non-hydrogen) atoms. The van der Waals surface area contributed by atoms with Crippen LogP contribution in [0.1, 0.15) is 65.8 Å². The average Bonchev–Trinajstić information content (AvgIpc) is 3.72. The number of para-hydroxylation sites is 1. The monoisotopic (exact) mass is 869 g/mol. The molecule has 11 aromatic rings. The van der Waals surface area contributed by atoms with Gasteiger partial charge in [0.2, 0.25) is 0 Å². The van der Waals surface area contributed by atoms with Crippen molar-refractivity contribution < 1.29 is 0 Å². The van der Waals surface area contributed by atoms with E-state index in [1.54, 1.807) is 0 Å². The zero-order valence-electron chi connectivity index (χ0n) is 38.2. The van der Waals surface area contributed by atoms with E-state index in [-0.39, 0.29) is 0 Å². The van der Waals surface area contributed by atoms with E-state index in [0.717, 1.165) is 17.1 Å². The molecule has 1 nitrogen and oxygen atoms in total. The Kier molecular flexibility index (Phi) is 9.90. The summed E-state index contributed by atoms with van der Waals surface area (Å²) in [4.78, 5) is 2.54. The van der Waals surface area contributed by atoms with Crippen molar-refractivity contribution in [1.29, 1.82) is 0 Å². The molecule has 0 unspecified atom stereocenters. The molecule has 324 valence electrons. The third-order valence-electron chi connectivity index (χ3n) is 15.3. The van der Waals surface area contributed by atoms with E-state index in [2.05, 4.69) is 248 Å². The summed E-state index contributed by atoms with van der Waals surface area (Å²) < 4.78 is 0. The van der Waals surface area contributed by atoms with Crippen molar-refractivity contribution in [3.8, 4) is 33.4 Å². The Morgan fingerprint density at radius 2 is 0.926 bits per heavy atom. The van der Waals surface area contributed by atoms with Crippen LogP contribution >= 0.6 is 0 Å². The van der Waals surface area contributed by atoms with Gasteiger partial charge < -0.3 is 4.90 Å². The molecule has 13 rings (SSSR count). The molecule has 0 saturated heterocycles. The number of hydrogen-bond acceptors (Lipinski definition) is 1. The van der Waals surface area contributed by atoms with Gasteiger partial charge in [-0.3, -0.25) is 0 Å². The van der Waals surface area contributed by atoms with Crippen molar-refractivity contribution >= 4 is 49.4 Å². The molecule has 11 aromatic carbocycles. The lowest BCUT2D eigenvalue weighted by Crippen LogP contribution is -2.28. The summed E-state index contributed by atoms with van der Waals surface area (Å²) in [5, 5.41) is 7.76. The first-order valence-electron chi connectivity index (χ1n) is 24.5. The molecule has 0 N–H and O–H groups in total. The quantitative estimate of drug-likeness (QED) is 0.138. The van der Waals surface area contributed by atoms with E-state index in [9.17, 15) is 0 Å². The van der Waals surface area contributed by atoms with Crippen LogP contribution in [0, 0.1) is 0 Å². The highest BCUT2D eigenvalue weighted by Gasteiger charge is 2.46. The van der Waals surface area contributed by atoms with Crippen LogP contribution in [0.5, 0.6) is 0 Å². The molecule has 1 fully saturated rings. The summed E-state index contributed by atoms with van der Waals surface area (Å²) in [6.45, 7) is 0. The standard InChI is InChI=1S/C67H51N/c1-3-20-46(21-4-1)56-36-16-23-48-24-17-38-62(66(48)56)61-34-11-14-41-65(61)68(52-29-15-25-49(44-52)55-35-19-37-57-54-31-8-7-22-47(54)42-43-58(55)57)53-30-18-28-51(45-53)67(50-26-5-2-6-27-50)63-39-12-9-32-59(63)60-33-10-13-40-64(60)67/h2,5-19,22-46H,1,3-4,20-21H2. The normalized spacial score (nSPS) is 14.2. The second-order valence-corrected chi connectivity index (χ2v) is 18.9. The van der Waals surface area contributed by atoms with Crippen LogP contribution in [0.25, 0.3) is 65.7 Å². The van der Waals surface area contributed by atoms with Gasteiger partial charge in [0.15, 0.2) is 0 Å². The van der Waals surface area contributed by atoms with Gasteiger partial charge in [-0.15, -0.1) is 0 Å². The SMILES string of the molecule is c1ccc(C2(c3cccc(N(c4cccc(-c5cccc6c5ccc5ccccc56)c4)c4ccccc4-c4cccc5cccc(C6CCCCC6)c45)c3)c3ccccc3-c3ccccc32)cc1.